The van der Waals surface area contributed by atoms with Crippen LogP contribution in [0.2, 0.25) is 0 Å². The lowest BCUT2D eigenvalue weighted by Gasteiger charge is -2.15. The van der Waals surface area contributed by atoms with E-state index >= 15 is 0 Å². The predicted molar refractivity (Wildman–Crippen MR) is 81.2 cm³/mol. The molecule has 0 atom stereocenters. The van der Waals surface area contributed by atoms with Crippen molar-refractivity contribution >= 4 is 0 Å². The van der Waals surface area contributed by atoms with E-state index < -0.39 is 0 Å². The molecule has 0 bridgehead atoms. The lowest BCUT2D eigenvalue weighted by molar-refractivity contribution is 0.199. The van der Waals surface area contributed by atoms with E-state index in [-0.39, 0.29) is 5.82 Å². The molecule has 0 radical (unpaired) electrons. The molecule has 4 nitrogen and oxygen atoms in total. The van der Waals surface area contributed by atoms with Gasteiger partial charge in [0, 0.05) is 26.7 Å². The van der Waals surface area contributed by atoms with Crippen molar-refractivity contribution in [1.82, 2.24) is 10.2 Å². The number of methoxy groups -OCH3 is 1. The van der Waals surface area contributed by atoms with Crippen LogP contribution in [0.15, 0.2) is 18.2 Å². The van der Waals surface area contributed by atoms with Crippen LogP contribution in [0.3, 0.4) is 0 Å². The summed E-state index contributed by atoms with van der Waals surface area (Å²) >= 11 is 0. The number of benzene rings is 1. The summed E-state index contributed by atoms with van der Waals surface area (Å²) in [5.74, 6) is 0.0531. The van der Waals surface area contributed by atoms with E-state index in [9.17, 15) is 4.39 Å². The Morgan fingerprint density at radius 3 is 2.76 bits per heavy atom. The van der Waals surface area contributed by atoms with Crippen LogP contribution in [0.4, 0.5) is 4.39 Å². The van der Waals surface area contributed by atoms with Crippen molar-refractivity contribution in [3.05, 3.63) is 29.6 Å². The summed E-state index contributed by atoms with van der Waals surface area (Å²) in [7, 11) is 1.66. The third kappa shape index (κ3) is 5.61. The second kappa shape index (κ2) is 8.97. The quantitative estimate of drug-likeness (QED) is 0.707. The Morgan fingerprint density at radius 1 is 1.24 bits per heavy atom. The van der Waals surface area contributed by atoms with Crippen LogP contribution in [-0.2, 0) is 11.3 Å². The van der Waals surface area contributed by atoms with Gasteiger partial charge in [-0.1, -0.05) is 6.07 Å². The molecule has 1 aromatic carbocycles. The van der Waals surface area contributed by atoms with Crippen LogP contribution in [-0.4, -0.2) is 51.4 Å². The van der Waals surface area contributed by atoms with E-state index in [2.05, 4.69) is 10.2 Å². The fourth-order valence-electron chi connectivity index (χ4n) is 2.47. The fraction of sp³-hybridized carbons (Fsp3) is 0.625. The zero-order valence-electron chi connectivity index (χ0n) is 12.7. The second-order valence-corrected chi connectivity index (χ2v) is 5.33. The standard InChI is InChI=1S/C16H25FN2O2/c1-20-10-6-18-13-14-4-5-16(15(17)12-14)21-11-9-19-7-2-3-8-19/h4-5,12,18H,2-3,6-11,13H2,1H3. The second-order valence-electron chi connectivity index (χ2n) is 5.33. The maximum absolute atomic E-state index is 13.9. The summed E-state index contributed by atoms with van der Waals surface area (Å²) in [6, 6.07) is 5.14. The molecule has 0 amide bonds. The molecule has 2 rings (SSSR count). The average molecular weight is 296 g/mol. The molecular formula is C16H25FN2O2. The van der Waals surface area contributed by atoms with Crippen LogP contribution in [0.25, 0.3) is 0 Å². The Morgan fingerprint density at radius 2 is 2.05 bits per heavy atom. The molecule has 1 aliphatic heterocycles. The molecule has 1 aromatic rings. The first-order chi connectivity index (χ1) is 10.3. The minimum absolute atomic E-state index is 0.289. The first-order valence-electron chi connectivity index (χ1n) is 7.63. The molecule has 21 heavy (non-hydrogen) atoms. The van der Waals surface area contributed by atoms with Gasteiger partial charge in [-0.25, -0.2) is 4.39 Å². The van der Waals surface area contributed by atoms with Crippen molar-refractivity contribution in [3.63, 3.8) is 0 Å². The van der Waals surface area contributed by atoms with Gasteiger partial charge in [-0.2, -0.15) is 0 Å². The highest BCUT2D eigenvalue weighted by Crippen LogP contribution is 2.18. The Hall–Kier alpha value is -1.17. The van der Waals surface area contributed by atoms with Gasteiger partial charge in [0.15, 0.2) is 11.6 Å². The highest BCUT2D eigenvalue weighted by atomic mass is 19.1. The normalized spacial score (nSPS) is 15.5. The van der Waals surface area contributed by atoms with Crippen molar-refractivity contribution < 1.29 is 13.9 Å². The molecule has 1 fully saturated rings. The molecule has 0 unspecified atom stereocenters. The highest BCUT2D eigenvalue weighted by Gasteiger charge is 2.11. The molecule has 0 aromatic heterocycles. The van der Waals surface area contributed by atoms with Crippen LogP contribution < -0.4 is 10.1 Å². The van der Waals surface area contributed by atoms with Crippen molar-refractivity contribution in [2.24, 2.45) is 0 Å². The van der Waals surface area contributed by atoms with Crippen molar-refractivity contribution in [3.8, 4) is 5.75 Å². The van der Waals surface area contributed by atoms with Crippen molar-refractivity contribution in [2.75, 3.05) is 46.5 Å². The molecule has 118 valence electrons. The molecule has 5 heteroatoms. The van der Waals surface area contributed by atoms with Crippen LogP contribution >= 0.6 is 0 Å². The van der Waals surface area contributed by atoms with Gasteiger partial charge in [0.05, 0.1) is 6.61 Å². The average Bonchev–Trinajstić information content (AvgIpc) is 2.99. The molecule has 0 spiro atoms. The monoisotopic (exact) mass is 296 g/mol. The number of likely N-dealkylation sites (tertiary alicyclic amines) is 1. The third-order valence-electron chi connectivity index (χ3n) is 3.67. The molecule has 1 aliphatic rings. The lowest BCUT2D eigenvalue weighted by atomic mass is 10.2. The maximum Gasteiger partial charge on any atom is 0.165 e. The minimum atomic E-state index is -0.289. The van der Waals surface area contributed by atoms with Crippen molar-refractivity contribution in [2.45, 2.75) is 19.4 Å². The Labute approximate surface area is 126 Å². The Bertz CT molecular complexity index is 423. The largest absolute Gasteiger partial charge is 0.489 e. The van der Waals surface area contributed by atoms with Gasteiger partial charge in [0.1, 0.15) is 6.61 Å². The smallest absolute Gasteiger partial charge is 0.165 e. The highest BCUT2D eigenvalue weighted by molar-refractivity contribution is 5.29. The zero-order chi connectivity index (χ0) is 14.9. The number of nitrogens with one attached hydrogen (secondary N) is 1. The van der Waals surface area contributed by atoms with Crippen LogP contribution in [0.5, 0.6) is 5.75 Å². The number of hydrogen-bond acceptors (Lipinski definition) is 4. The topological polar surface area (TPSA) is 33.7 Å². The van der Waals surface area contributed by atoms with Gasteiger partial charge < -0.3 is 14.8 Å². The molecule has 1 saturated heterocycles. The number of nitrogens with zero attached hydrogens (tertiary/aromatic N) is 1. The fourth-order valence-corrected chi connectivity index (χ4v) is 2.47. The first-order valence-corrected chi connectivity index (χ1v) is 7.63. The molecular weight excluding hydrogens is 271 g/mol. The molecule has 0 saturated carbocycles. The minimum Gasteiger partial charge on any atom is -0.489 e. The molecule has 1 N–H and O–H groups in total. The number of hydrogen-bond donors (Lipinski definition) is 1. The summed E-state index contributed by atoms with van der Waals surface area (Å²) in [5, 5.41) is 3.19. The number of rotatable bonds is 9. The van der Waals surface area contributed by atoms with Crippen LogP contribution in [0.1, 0.15) is 18.4 Å². The first kappa shape index (κ1) is 16.2. The van der Waals surface area contributed by atoms with E-state index in [1.807, 2.05) is 6.07 Å². The van der Waals surface area contributed by atoms with E-state index in [1.54, 1.807) is 13.2 Å². The summed E-state index contributed by atoms with van der Waals surface area (Å²) in [6.45, 7) is 5.73. The Balaban J connectivity index is 1.73. The van der Waals surface area contributed by atoms with Gasteiger partial charge in [-0.15, -0.1) is 0 Å². The van der Waals surface area contributed by atoms with Crippen molar-refractivity contribution in [1.29, 1.82) is 0 Å². The van der Waals surface area contributed by atoms with E-state index in [0.717, 1.165) is 31.7 Å². The molecule has 1 heterocycles. The third-order valence-corrected chi connectivity index (χ3v) is 3.67. The van der Waals surface area contributed by atoms with Gasteiger partial charge in [-0.3, -0.25) is 4.90 Å². The summed E-state index contributed by atoms with van der Waals surface area (Å²) in [6.07, 6.45) is 2.53. The zero-order valence-corrected chi connectivity index (χ0v) is 12.7. The van der Waals surface area contributed by atoms with E-state index in [4.69, 9.17) is 9.47 Å². The van der Waals surface area contributed by atoms with E-state index in [1.165, 1.54) is 18.9 Å². The summed E-state index contributed by atoms with van der Waals surface area (Å²) in [4.78, 5) is 2.35. The van der Waals surface area contributed by atoms with Gasteiger partial charge in [-0.05, 0) is 43.6 Å². The predicted octanol–water partition coefficient (Wildman–Crippen LogP) is 2.04. The summed E-state index contributed by atoms with van der Waals surface area (Å²) < 4.78 is 24.4. The Kier molecular flexibility index (Phi) is 6.92. The van der Waals surface area contributed by atoms with Crippen LogP contribution in [0, 0.1) is 5.82 Å². The molecule has 0 aliphatic carbocycles. The van der Waals surface area contributed by atoms with Gasteiger partial charge in [0.2, 0.25) is 0 Å². The lowest BCUT2D eigenvalue weighted by Crippen LogP contribution is -2.25. The number of ether oxygens (including phenoxy) is 2. The maximum atomic E-state index is 13.9. The SMILES string of the molecule is COCCNCc1ccc(OCCN2CCCC2)c(F)c1. The number of halogens is 1. The van der Waals surface area contributed by atoms with Gasteiger partial charge >= 0.3 is 0 Å². The van der Waals surface area contributed by atoms with Gasteiger partial charge in [0.25, 0.3) is 0 Å². The summed E-state index contributed by atoms with van der Waals surface area (Å²) in [5.41, 5.74) is 0.912. The van der Waals surface area contributed by atoms with E-state index in [0.29, 0.717) is 25.5 Å².